The maximum Gasteiger partial charge on any atom is 5.00 e. The SMILES string of the molecule is C1CCC1.C[CH-]C.C[CH-]C.O=C1C2C3C(=O)C4C1C1C2C3C41.O=C1C=CC(=O)C2C3C=CC3C12.O=C1C=CC(=O)C=C1.[CH-]=O.[CH-]=O.[CH-]=O.[Ce].[Fe+5]. The number of hydrogen-bond acceptors (Lipinski definition) is 9. The van der Waals surface area contributed by atoms with Gasteiger partial charge in [0.2, 0.25) is 0 Å². The largest absolute Gasteiger partial charge is 5.00 e. The first-order valence-corrected chi connectivity index (χ1v) is 16.4. The summed E-state index contributed by atoms with van der Waals surface area (Å²) >= 11 is 0. The molecule has 0 spiro atoms. The summed E-state index contributed by atoms with van der Waals surface area (Å²) in [7, 11) is 0. The molecule has 10 rings (SSSR count). The van der Waals surface area contributed by atoms with Crippen LogP contribution in [0.2, 0.25) is 0 Å². The number of fused-ring (bicyclic) bond motifs is 6. The molecule has 1 radical (unpaired) electrons. The van der Waals surface area contributed by atoms with E-state index in [0.717, 1.165) is 0 Å². The van der Waals surface area contributed by atoms with E-state index < -0.39 is 0 Å². The van der Waals surface area contributed by atoms with Crippen molar-refractivity contribution in [2.45, 2.75) is 53.4 Å². The summed E-state index contributed by atoms with van der Waals surface area (Å²) in [6, 6.07) is 0. The second-order valence-corrected chi connectivity index (χ2v) is 13.0. The van der Waals surface area contributed by atoms with Crippen LogP contribution in [0, 0.1) is 126 Å². The summed E-state index contributed by atoms with van der Waals surface area (Å²) in [5.74, 6) is 5.46. The van der Waals surface area contributed by atoms with Crippen LogP contribution in [0.1, 0.15) is 53.4 Å². The number of Topliss-reactive ketones (excluding diaryl/α,β-unsaturated/α-hetero) is 2. The van der Waals surface area contributed by atoms with Gasteiger partial charge in [0.25, 0.3) is 0 Å². The fourth-order valence-electron chi connectivity index (χ4n) is 8.60. The van der Waals surface area contributed by atoms with E-state index in [1.165, 1.54) is 62.1 Å². The molecule has 0 aromatic heterocycles. The Kier molecular flexibility index (Phi) is 21.8. The molecule has 50 heavy (non-hydrogen) atoms. The Balaban J connectivity index is 0.000000595. The van der Waals surface area contributed by atoms with Gasteiger partial charge in [-0.25, -0.2) is 0 Å². The van der Waals surface area contributed by atoms with Crippen molar-refractivity contribution >= 4 is 55.1 Å². The van der Waals surface area contributed by atoms with E-state index in [0.29, 0.717) is 47.1 Å². The molecule has 8 unspecified atom stereocenters. The maximum absolute atomic E-state index is 11.7. The molecule has 11 heteroatoms. The molecule has 267 valence electrons. The van der Waals surface area contributed by atoms with Crippen molar-refractivity contribution in [3.8, 4) is 0 Å². The molecule has 0 N–H and O–H groups in total. The Labute approximate surface area is 340 Å². The molecule has 0 amide bonds. The van der Waals surface area contributed by atoms with Crippen LogP contribution in [0.15, 0.2) is 48.6 Å². The van der Waals surface area contributed by atoms with E-state index in [1.807, 2.05) is 40.5 Å². The van der Waals surface area contributed by atoms with E-state index in [9.17, 15) is 28.8 Å². The first kappa shape index (κ1) is 47.9. The van der Waals surface area contributed by atoms with Crippen molar-refractivity contribution in [3.05, 3.63) is 61.4 Å². The van der Waals surface area contributed by atoms with E-state index in [2.05, 4.69) is 32.5 Å². The molecule has 9 nitrogen and oxygen atoms in total. The van der Waals surface area contributed by atoms with Gasteiger partial charge >= 0.3 is 17.1 Å². The number of allylic oxidation sites excluding steroid dienone is 8. The fraction of sp³-hybridized carbons (Fsp3) is 0.513. The molecule has 0 aromatic carbocycles. The minimum Gasteiger partial charge on any atom is -0.545 e. The van der Waals surface area contributed by atoms with Crippen molar-refractivity contribution < 1.29 is 102 Å². The number of ketones is 6. The second-order valence-electron chi connectivity index (χ2n) is 13.0. The Bertz CT molecular complexity index is 1190. The molecule has 0 heterocycles. The molecule has 0 aliphatic heterocycles. The average molecular weight is 854 g/mol. The van der Waals surface area contributed by atoms with Gasteiger partial charge < -0.3 is 27.2 Å². The smallest absolute Gasteiger partial charge is 0.545 e. The van der Waals surface area contributed by atoms with Gasteiger partial charge in [0, 0.05) is 77.3 Å². The first-order valence-electron chi connectivity index (χ1n) is 16.4. The van der Waals surface area contributed by atoms with Gasteiger partial charge in [-0.2, -0.15) is 27.7 Å². The third-order valence-corrected chi connectivity index (χ3v) is 10.6. The van der Waals surface area contributed by atoms with Crippen LogP contribution in [0.4, 0.5) is 0 Å². The topological polar surface area (TPSA) is 154 Å². The number of carbonyl (C=O) groups excluding carboxylic acids is 9. The minimum atomic E-state index is -0.121. The zero-order chi connectivity index (χ0) is 36.3. The van der Waals surface area contributed by atoms with Gasteiger partial charge in [-0.1, -0.05) is 37.8 Å². The maximum atomic E-state index is 11.7. The van der Waals surface area contributed by atoms with Crippen molar-refractivity contribution in [2.75, 3.05) is 0 Å². The molecule has 10 aliphatic rings. The first-order chi connectivity index (χ1) is 23.2. The van der Waals surface area contributed by atoms with Crippen LogP contribution in [0.5, 0.6) is 0 Å². The van der Waals surface area contributed by atoms with Gasteiger partial charge in [-0.3, -0.25) is 49.1 Å². The van der Waals surface area contributed by atoms with E-state index >= 15 is 0 Å². The monoisotopic (exact) mass is 853 g/mol. The second kappa shape index (κ2) is 22.7. The summed E-state index contributed by atoms with van der Waals surface area (Å²) in [5.41, 5.74) is 0. The Morgan fingerprint density at radius 2 is 0.680 bits per heavy atom. The standard InChI is InChI=1S/2C10H8O2.C6H4O2.C4H8.2C3H7.3CHO.Ce.Fe/c11-9-5-1-2-4-3(1)7(9)8(4)10(12)6(2)5;11-7-3-4-8(12)10-6-2-1-5(6)9(7)10;7-5-1-2-6(8)4-3-5;1-2-4-3-1;2*1-3-2;3*1-2;;/h1-8H;1-6,9-10H;1-4H;1-4H2;2*3H,1-2H3;3*1H;;/q;;;;5*-1;;+5. The normalized spacial score (nSPS) is 35.9. The summed E-state index contributed by atoms with van der Waals surface area (Å²) in [4.78, 5) is 89.8. The van der Waals surface area contributed by atoms with Gasteiger partial charge in [0.05, 0.1) is 0 Å². The minimum absolute atomic E-state index is 0. The van der Waals surface area contributed by atoms with Crippen LogP contribution < -0.4 is 0 Å². The summed E-state index contributed by atoms with van der Waals surface area (Å²) in [5, 5.41) is 0. The van der Waals surface area contributed by atoms with Crippen LogP contribution >= 0.6 is 0 Å². The molecule has 0 saturated heterocycles. The fourth-order valence-corrected chi connectivity index (χ4v) is 8.60. The molecule has 8 atom stereocenters. The summed E-state index contributed by atoms with van der Waals surface area (Å²) in [6.45, 7) is 17.8. The van der Waals surface area contributed by atoms with Crippen molar-refractivity contribution in [1.82, 2.24) is 0 Å². The van der Waals surface area contributed by atoms with Crippen molar-refractivity contribution in [3.63, 3.8) is 0 Å². The van der Waals surface area contributed by atoms with Crippen LogP contribution in [0.3, 0.4) is 0 Å². The molecule has 0 bridgehead atoms. The summed E-state index contributed by atoms with van der Waals surface area (Å²) < 4.78 is 0. The third-order valence-electron chi connectivity index (χ3n) is 10.6. The Morgan fingerprint density at radius 1 is 0.460 bits per heavy atom. The molecule has 10 aliphatic carbocycles. The average Bonchev–Trinajstić information content (AvgIpc) is 3.31. The predicted molar refractivity (Wildman–Crippen MR) is 178 cm³/mol. The zero-order valence-corrected chi connectivity index (χ0v) is 33.0. The molecule has 7 saturated carbocycles. The quantitative estimate of drug-likeness (QED) is 0.114. The van der Waals surface area contributed by atoms with Crippen molar-refractivity contribution in [2.24, 2.45) is 71.0 Å². The van der Waals surface area contributed by atoms with E-state index in [1.54, 1.807) is 0 Å². The van der Waals surface area contributed by atoms with Crippen LogP contribution in [-0.4, -0.2) is 55.1 Å². The molecule has 0 aromatic rings. The van der Waals surface area contributed by atoms with Gasteiger partial charge in [0.1, 0.15) is 11.6 Å². The third kappa shape index (κ3) is 8.91. The molecule has 7 fully saturated rings. The van der Waals surface area contributed by atoms with Crippen molar-refractivity contribution in [1.29, 1.82) is 0 Å². The van der Waals surface area contributed by atoms with E-state index in [4.69, 9.17) is 14.4 Å². The van der Waals surface area contributed by atoms with E-state index in [-0.39, 0.29) is 117 Å². The number of hydrogen-bond donors (Lipinski definition) is 0. The number of carbonyl (C=O) groups is 6. The zero-order valence-electron chi connectivity index (χ0n) is 28.8. The van der Waals surface area contributed by atoms with Gasteiger partial charge in [0.15, 0.2) is 23.1 Å². The Hall–Kier alpha value is -2.11. The molecular weight excluding hydrogens is 808 g/mol. The van der Waals surface area contributed by atoms with Gasteiger partial charge in [-0.05, 0) is 72.0 Å². The Morgan fingerprint density at radius 3 is 0.860 bits per heavy atom. The molecular formula is C39H45CeFeO9. The number of rotatable bonds is 0. The van der Waals surface area contributed by atoms with Gasteiger partial charge in [-0.15, -0.1) is 0 Å². The predicted octanol–water partition coefficient (Wildman–Crippen LogP) is 4.31. The van der Waals surface area contributed by atoms with Crippen LogP contribution in [0.25, 0.3) is 0 Å². The van der Waals surface area contributed by atoms with Crippen LogP contribution in [-0.2, 0) is 60.2 Å². The summed E-state index contributed by atoms with van der Waals surface area (Å²) in [6.07, 6.45) is 22.0.